The third kappa shape index (κ3) is 7.34. The Morgan fingerprint density at radius 1 is 0.769 bits per heavy atom. The highest BCUT2D eigenvalue weighted by molar-refractivity contribution is 7.91. The van der Waals surface area contributed by atoms with Crippen LogP contribution in [0.3, 0.4) is 0 Å². The number of rotatable bonds is 7. The topological polar surface area (TPSA) is 95.6 Å². The first kappa shape index (κ1) is 27.1. The molecule has 0 aromatic heterocycles. The molecule has 3 aromatic rings. The van der Waals surface area contributed by atoms with E-state index in [0.29, 0.717) is 30.9 Å². The van der Waals surface area contributed by atoms with Crippen LogP contribution in [0.2, 0.25) is 0 Å². The summed E-state index contributed by atoms with van der Waals surface area (Å²) in [7, 11) is -2.89. The molecule has 2 amide bonds. The van der Waals surface area contributed by atoms with Gasteiger partial charge in [0.05, 0.1) is 11.5 Å². The van der Waals surface area contributed by atoms with Crippen molar-refractivity contribution in [3.8, 4) is 11.1 Å². The third-order valence-electron chi connectivity index (χ3n) is 7.64. The molecular formula is C31H35N3O4S. The van der Waals surface area contributed by atoms with Crippen molar-refractivity contribution in [3.63, 3.8) is 0 Å². The summed E-state index contributed by atoms with van der Waals surface area (Å²) in [6.45, 7) is 1.79. The highest BCUT2D eigenvalue weighted by Crippen LogP contribution is 2.27. The molecule has 2 N–H and O–H groups in total. The van der Waals surface area contributed by atoms with Gasteiger partial charge >= 0.3 is 0 Å². The van der Waals surface area contributed by atoms with E-state index in [2.05, 4.69) is 15.5 Å². The number of hydrogen-bond acceptors (Lipinski definition) is 5. The molecule has 1 saturated heterocycles. The van der Waals surface area contributed by atoms with Crippen LogP contribution < -0.4 is 10.6 Å². The molecule has 0 bridgehead atoms. The Kier molecular flexibility index (Phi) is 8.43. The Labute approximate surface area is 230 Å². The van der Waals surface area contributed by atoms with E-state index in [9.17, 15) is 18.0 Å². The third-order valence-corrected chi connectivity index (χ3v) is 9.25. The van der Waals surface area contributed by atoms with E-state index in [4.69, 9.17) is 0 Å². The summed E-state index contributed by atoms with van der Waals surface area (Å²) < 4.78 is 23.2. The van der Waals surface area contributed by atoms with Crippen LogP contribution >= 0.6 is 0 Å². The fourth-order valence-corrected chi connectivity index (χ4v) is 6.54. The smallest absolute Gasteiger partial charge is 0.255 e. The van der Waals surface area contributed by atoms with Crippen LogP contribution in [0.4, 0.5) is 11.4 Å². The molecule has 1 aliphatic heterocycles. The molecule has 39 heavy (non-hydrogen) atoms. The highest BCUT2D eigenvalue weighted by atomic mass is 32.2. The molecule has 2 fully saturated rings. The molecule has 1 saturated carbocycles. The van der Waals surface area contributed by atoms with Crippen molar-refractivity contribution in [2.24, 2.45) is 5.92 Å². The lowest BCUT2D eigenvalue weighted by Gasteiger charge is -2.26. The zero-order chi connectivity index (χ0) is 27.2. The van der Waals surface area contributed by atoms with Crippen LogP contribution in [0.15, 0.2) is 72.8 Å². The molecule has 1 heterocycles. The molecule has 8 heteroatoms. The van der Waals surface area contributed by atoms with Crippen LogP contribution in [0, 0.1) is 5.92 Å². The molecule has 7 nitrogen and oxygen atoms in total. The van der Waals surface area contributed by atoms with E-state index >= 15 is 0 Å². The first-order valence-corrected chi connectivity index (χ1v) is 15.5. The van der Waals surface area contributed by atoms with E-state index in [1.165, 1.54) is 6.42 Å². The van der Waals surface area contributed by atoms with Crippen LogP contribution in [-0.4, -0.2) is 49.7 Å². The number of hydrogen-bond donors (Lipinski definition) is 2. The maximum absolute atomic E-state index is 12.8. The summed E-state index contributed by atoms with van der Waals surface area (Å²) in [6, 6.07) is 22.9. The normalized spacial score (nSPS) is 17.8. The van der Waals surface area contributed by atoms with Crippen molar-refractivity contribution in [2.45, 2.75) is 38.6 Å². The SMILES string of the molecule is O=C(Nc1ccc(CN2CCS(=O)(=O)CC2)cc1)c1ccc(-c2cccc(NC(=O)C3CCCCC3)c2)cc1. The Hall–Kier alpha value is -3.49. The van der Waals surface area contributed by atoms with Gasteiger partial charge in [0.15, 0.2) is 9.84 Å². The van der Waals surface area contributed by atoms with Crippen molar-refractivity contribution >= 4 is 33.0 Å². The number of carbonyl (C=O) groups excluding carboxylic acids is 2. The average Bonchev–Trinajstić information content (AvgIpc) is 2.96. The molecule has 0 atom stereocenters. The molecule has 0 unspecified atom stereocenters. The van der Waals surface area contributed by atoms with Crippen LogP contribution in [0.5, 0.6) is 0 Å². The number of nitrogens with one attached hydrogen (secondary N) is 2. The van der Waals surface area contributed by atoms with Crippen molar-refractivity contribution in [3.05, 3.63) is 83.9 Å². The summed E-state index contributed by atoms with van der Waals surface area (Å²) in [5.41, 5.74) is 5.07. The lowest BCUT2D eigenvalue weighted by atomic mass is 9.88. The Morgan fingerprint density at radius 3 is 2.15 bits per heavy atom. The lowest BCUT2D eigenvalue weighted by Crippen LogP contribution is -2.39. The van der Waals surface area contributed by atoms with Crippen LogP contribution in [0.1, 0.15) is 48.0 Å². The van der Waals surface area contributed by atoms with Crippen molar-refractivity contribution in [2.75, 3.05) is 35.2 Å². The second kappa shape index (κ2) is 12.1. The quantitative estimate of drug-likeness (QED) is 0.417. The van der Waals surface area contributed by atoms with Gasteiger partial charge in [0, 0.05) is 42.5 Å². The number of sulfone groups is 1. The van der Waals surface area contributed by atoms with Gasteiger partial charge in [-0.3, -0.25) is 14.5 Å². The van der Waals surface area contributed by atoms with E-state index < -0.39 is 9.84 Å². The standard InChI is InChI=1S/C31H35N3O4S/c35-30(25-5-2-1-3-6-25)33-29-8-4-7-27(21-29)24-11-13-26(14-12-24)31(36)32-28-15-9-23(10-16-28)22-34-17-19-39(37,38)20-18-34/h4,7-16,21,25H,1-3,5-6,17-20,22H2,(H,32,36)(H,33,35). The Bertz CT molecular complexity index is 1400. The molecule has 5 rings (SSSR count). The molecule has 204 valence electrons. The zero-order valence-corrected chi connectivity index (χ0v) is 22.9. The maximum atomic E-state index is 12.8. The largest absolute Gasteiger partial charge is 0.326 e. The van der Waals surface area contributed by atoms with Gasteiger partial charge in [-0.1, -0.05) is 55.7 Å². The van der Waals surface area contributed by atoms with Gasteiger partial charge in [0.25, 0.3) is 5.91 Å². The molecule has 0 spiro atoms. The number of amides is 2. The maximum Gasteiger partial charge on any atom is 0.255 e. The predicted octanol–water partition coefficient (Wildman–Crippen LogP) is 5.36. The summed E-state index contributed by atoms with van der Waals surface area (Å²) in [5, 5.41) is 6.02. The van der Waals surface area contributed by atoms with E-state index in [1.807, 2.05) is 60.7 Å². The number of anilines is 2. The summed E-state index contributed by atoms with van der Waals surface area (Å²) in [5.74, 6) is 0.440. The molecular weight excluding hydrogens is 510 g/mol. The van der Waals surface area contributed by atoms with Gasteiger partial charge < -0.3 is 10.6 Å². The number of nitrogens with zero attached hydrogens (tertiary/aromatic N) is 1. The Balaban J connectivity index is 1.16. The first-order chi connectivity index (χ1) is 18.8. The molecule has 1 aliphatic carbocycles. The van der Waals surface area contributed by atoms with Gasteiger partial charge in [0.1, 0.15) is 0 Å². The molecule has 3 aromatic carbocycles. The minimum Gasteiger partial charge on any atom is -0.326 e. The molecule has 2 aliphatic rings. The van der Waals surface area contributed by atoms with Crippen molar-refractivity contribution < 1.29 is 18.0 Å². The van der Waals surface area contributed by atoms with Gasteiger partial charge in [-0.05, 0) is 65.9 Å². The van der Waals surface area contributed by atoms with Gasteiger partial charge in [-0.15, -0.1) is 0 Å². The van der Waals surface area contributed by atoms with Crippen molar-refractivity contribution in [1.29, 1.82) is 0 Å². The van der Waals surface area contributed by atoms with E-state index in [1.54, 1.807) is 12.1 Å². The fraction of sp³-hybridized carbons (Fsp3) is 0.355. The summed E-state index contributed by atoms with van der Waals surface area (Å²) in [4.78, 5) is 27.6. The Morgan fingerprint density at radius 2 is 1.46 bits per heavy atom. The van der Waals surface area contributed by atoms with Gasteiger partial charge in [0.2, 0.25) is 5.91 Å². The first-order valence-electron chi connectivity index (χ1n) is 13.7. The van der Waals surface area contributed by atoms with Crippen LogP contribution in [0.25, 0.3) is 11.1 Å². The second-order valence-electron chi connectivity index (χ2n) is 10.6. The van der Waals surface area contributed by atoms with Crippen molar-refractivity contribution in [1.82, 2.24) is 4.90 Å². The van der Waals surface area contributed by atoms with Gasteiger partial charge in [-0.25, -0.2) is 8.42 Å². The lowest BCUT2D eigenvalue weighted by molar-refractivity contribution is -0.120. The monoisotopic (exact) mass is 545 g/mol. The minimum atomic E-state index is -2.89. The minimum absolute atomic E-state index is 0.104. The summed E-state index contributed by atoms with van der Waals surface area (Å²) in [6.07, 6.45) is 5.39. The van der Waals surface area contributed by atoms with Crippen LogP contribution in [-0.2, 0) is 21.2 Å². The molecule has 0 radical (unpaired) electrons. The van der Waals surface area contributed by atoms with E-state index in [-0.39, 0.29) is 29.2 Å². The second-order valence-corrected chi connectivity index (χ2v) is 12.9. The van der Waals surface area contributed by atoms with E-state index in [0.717, 1.165) is 48.1 Å². The predicted molar refractivity (Wildman–Crippen MR) is 155 cm³/mol. The number of carbonyl (C=O) groups is 2. The highest BCUT2D eigenvalue weighted by Gasteiger charge is 2.22. The summed E-state index contributed by atoms with van der Waals surface area (Å²) >= 11 is 0. The average molecular weight is 546 g/mol. The van der Waals surface area contributed by atoms with Gasteiger partial charge in [-0.2, -0.15) is 0 Å². The fourth-order valence-electron chi connectivity index (χ4n) is 5.26. The zero-order valence-electron chi connectivity index (χ0n) is 22.1. The number of benzene rings is 3.